The van der Waals surface area contributed by atoms with Gasteiger partial charge in [-0.15, -0.1) is 0 Å². The van der Waals surface area contributed by atoms with Crippen LogP contribution in [0.15, 0.2) is 78.9 Å². The number of aromatic nitrogens is 1. The molecule has 0 saturated heterocycles. The van der Waals surface area contributed by atoms with Gasteiger partial charge in [0.25, 0.3) is 0 Å². The number of esters is 1. The standard InChI is InChI=1S/C27H27NO4/c1-4-30-27(29)26-16-21-10-13-24(31-18-20-8-6-5-7-9-20)17-25(21)28(26)22-11-14-23(15-12-22)32-19(2)3/h5-17,19H,4,18H2,1-3H3. The number of hydrogen-bond donors (Lipinski definition) is 0. The fourth-order valence-electron chi connectivity index (χ4n) is 3.59. The largest absolute Gasteiger partial charge is 0.491 e. The summed E-state index contributed by atoms with van der Waals surface area (Å²) in [4.78, 5) is 12.7. The highest BCUT2D eigenvalue weighted by molar-refractivity contribution is 5.97. The van der Waals surface area contributed by atoms with E-state index in [0.717, 1.165) is 33.7 Å². The molecule has 0 aliphatic rings. The van der Waals surface area contributed by atoms with Crippen LogP contribution in [0.3, 0.4) is 0 Å². The van der Waals surface area contributed by atoms with E-state index in [1.165, 1.54) is 0 Å². The summed E-state index contributed by atoms with van der Waals surface area (Å²) in [7, 11) is 0. The van der Waals surface area contributed by atoms with Crippen LogP contribution in [-0.2, 0) is 11.3 Å². The second kappa shape index (κ2) is 9.60. The Kier molecular flexibility index (Phi) is 6.45. The van der Waals surface area contributed by atoms with Gasteiger partial charge in [-0.3, -0.25) is 0 Å². The number of nitrogens with zero attached hydrogens (tertiary/aromatic N) is 1. The molecule has 0 N–H and O–H groups in total. The summed E-state index contributed by atoms with van der Waals surface area (Å²) in [5, 5.41) is 0.933. The van der Waals surface area contributed by atoms with Gasteiger partial charge in [0.15, 0.2) is 0 Å². The van der Waals surface area contributed by atoms with E-state index in [0.29, 0.717) is 18.9 Å². The molecule has 32 heavy (non-hydrogen) atoms. The fraction of sp³-hybridized carbons (Fsp3) is 0.222. The highest BCUT2D eigenvalue weighted by Gasteiger charge is 2.19. The van der Waals surface area contributed by atoms with Gasteiger partial charge in [-0.2, -0.15) is 0 Å². The minimum Gasteiger partial charge on any atom is -0.491 e. The summed E-state index contributed by atoms with van der Waals surface area (Å²) in [6, 6.07) is 25.4. The zero-order valence-electron chi connectivity index (χ0n) is 18.6. The van der Waals surface area contributed by atoms with E-state index in [1.54, 1.807) is 6.92 Å². The number of hydrogen-bond acceptors (Lipinski definition) is 4. The molecule has 0 atom stereocenters. The van der Waals surface area contributed by atoms with E-state index in [4.69, 9.17) is 14.2 Å². The molecule has 164 valence electrons. The molecule has 1 heterocycles. The van der Waals surface area contributed by atoms with E-state index in [1.807, 2.05) is 97.3 Å². The maximum Gasteiger partial charge on any atom is 0.355 e. The number of ether oxygens (including phenoxy) is 3. The summed E-state index contributed by atoms with van der Waals surface area (Å²) >= 11 is 0. The molecule has 0 fully saturated rings. The van der Waals surface area contributed by atoms with Crippen LogP contribution in [0.4, 0.5) is 0 Å². The molecule has 0 unspecified atom stereocenters. The SMILES string of the molecule is CCOC(=O)c1cc2ccc(OCc3ccccc3)cc2n1-c1ccc(OC(C)C)cc1. The predicted octanol–water partition coefficient (Wildman–Crippen LogP) is 6.17. The van der Waals surface area contributed by atoms with Crippen molar-refractivity contribution >= 4 is 16.9 Å². The predicted molar refractivity (Wildman–Crippen MR) is 126 cm³/mol. The van der Waals surface area contributed by atoms with Gasteiger partial charge in [0.1, 0.15) is 23.8 Å². The first-order valence-corrected chi connectivity index (χ1v) is 10.8. The number of fused-ring (bicyclic) bond motifs is 1. The van der Waals surface area contributed by atoms with Gasteiger partial charge in [0, 0.05) is 17.1 Å². The fourth-order valence-corrected chi connectivity index (χ4v) is 3.59. The summed E-state index contributed by atoms with van der Waals surface area (Å²) in [6.45, 7) is 6.57. The smallest absolute Gasteiger partial charge is 0.355 e. The first-order valence-electron chi connectivity index (χ1n) is 10.8. The van der Waals surface area contributed by atoms with Gasteiger partial charge in [-0.1, -0.05) is 30.3 Å². The second-order valence-corrected chi connectivity index (χ2v) is 7.74. The summed E-state index contributed by atoms with van der Waals surface area (Å²) in [6.07, 6.45) is 0.0904. The number of rotatable bonds is 8. The quantitative estimate of drug-likeness (QED) is 0.314. The van der Waals surface area contributed by atoms with Gasteiger partial charge < -0.3 is 18.8 Å². The molecule has 0 bridgehead atoms. The Morgan fingerprint density at radius 3 is 2.31 bits per heavy atom. The van der Waals surface area contributed by atoms with Crippen LogP contribution in [-0.4, -0.2) is 23.2 Å². The summed E-state index contributed by atoms with van der Waals surface area (Å²) < 4.78 is 19.0. The summed E-state index contributed by atoms with van der Waals surface area (Å²) in [5.74, 6) is 1.15. The lowest BCUT2D eigenvalue weighted by molar-refractivity contribution is 0.0517. The van der Waals surface area contributed by atoms with E-state index in [-0.39, 0.29) is 12.1 Å². The van der Waals surface area contributed by atoms with Gasteiger partial charge in [-0.05, 0) is 68.8 Å². The normalized spacial score (nSPS) is 11.0. The maximum absolute atomic E-state index is 12.7. The maximum atomic E-state index is 12.7. The third-order valence-corrected chi connectivity index (χ3v) is 4.98. The molecule has 4 rings (SSSR count). The molecule has 4 aromatic rings. The van der Waals surface area contributed by atoms with Crippen LogP contribution < -0.4 is 9.47 Å². The topological polar surface area (TPSA) is 49.7 Å². The Morgan fingerprint density at radius 2 is 1.62 bits per heavy atom. The molecule has 0 amide bonds. The first kappa shape index (κ1) is 21.5. The van der Waals surface area contributed by atoms with Crippen LogP contribution in [0.1, 0.15) is 36.8 Å². The van der Waals surface area contributed by atoms with Crippen molar-refractivity contribution in [3.63, 3.8) is 0 Å². The Balaban J connectivity index is 1.73. The average Bonchev–Trinajstić information content (AvgIpc) is 3.18. The third-order valence-electron chi connectivity index (χ3n) is 4.98. The molecule has 5 heteroatoms. The monoisotopic (exact) mass is 429 g/mol. The van der Waals surface area contributed by atoms with E-state index in [2.05, 4.69) is 0 Å². The second-order valence-electron chi connectivity index (χ2n) is 7.74. The van der Waals surface area contributed by atoms with Crippen molar-refractivity contribution in [3.05, 3.63) is 90.1 Å². The van der Waals surface area contributed by atoms with Crippen molar-refractivity contribution in [2.45, 2.75) is 33.5 Å². The number of benzene rings is 3. The van der Waals surface area contributed by atoms with Crippen LogP contribution in [0, 0.1) is 0 Å². The molecule has 0 spiro atoms. The lowest BCUT2D eigenvalue weighted by Crippen LogP contribution is -2.11. The Morgan fingerprint density at radius 1 is 0.906 bits per heavy atom. The van der Waals surface area contributed by atoms with E-state index in [9.17, 15) is 4.79 Å². The van der Waals surface area contributed by atoms with Crippen molar-refractivity contribution in [2.75, 3.05) is 6.61 Å². The van der Waals surface area contributed by atoms with E-state index >= 15 is 0 Å². The van der Waals surface area contributed by atoms with Crippen LogP contribution >= 0.6 is 0 Å². The molecule has 0 aliphatic carbocycles. The lowest BCUT2D eigenvalue weighted by Gasteiger charge is -2.13. The highest BCUT2D eigenvalue weighted by atomic mass is 16.5. The molecular formula is C27H27NO4. The van der Waals surface area contributed by atoms with Crippen LogP contribution in [0.25, 0.3) is 16.6 Å². The third kappa shape index (κ3) is 4.78. The highest BCUT2D eigenvalue weighted by Crippen LogP contribution is 2.30. The molecule has 3 aromatic carbocycles. The zero-order chi connectivity index (χ0) is 22.5. The molecule has 0 radical (unpaired) electrons. The van der Waals surface area contributed by atoms with Gasteiger partial charge >= 0.3 is 5.97 Å². The number of carbonyl (C=O) groups excluding carboxylic acids is 1. The minimum atomic E-state index is -0.363. The van der Waals surface area contributed by atoms with Gasteiger partial charge in [-0.25, -0.2) is 4.79 Å². The van der Waals surface area contributed by atoms with Crippen molar-refractivity contribution in [1.82, 2.24) is 4.57 Å². The molecule has 0 aliphatic heterocycles. The van der Waals surface area contributed by atoms with Gasteiger partial charge in [0.05, 0.1) is 18.2 Å². The molecule has 0 saturated carbocycles. The molecule has 1 aromatic heterocycles. The number of carbonyl (C=O) groups is 1. The average molecular weight is 430 g/mol. The van der Waals surface area contributed by atoms with Crippen LogP contribution in [0.2, 0.25) is 0 Å². The van der Waals surface area contributed by atoms with E-state index < -0.39 is 0 Å². The Labute approximate surface area is 188 Å². The molecular weight excluding hydrogens is 402 g/mol. The minimum absolute atomic E-state index is 0.0904. The van der Waals surface area contributed by atoms with Crippen molar-refractivity contribution in [2.24, 2.45) is 0 Å². The molecule has 5 nitrogen and oxygen atoms in total. The van der Waals surface area contributed by atoms with Crippen molar-refractivity contribution in [3.8, 4) is 17.2 Å². The first-order chi connectivity index (χ1) is 15.5. The Hall–Kier alpha value is -3.73. The summed E-state index contributed by atoms with van der Waals surface area (Å²) in [5.41, 5.74) is 3.28. The Bertz CT molecular complexity index is 1190. The van der Waals surface area contributed by atoms with Crippen molar-refractivity contribution in [1.29, 1.82) is 0 Å². The zero-order valence-corrected chi connectivity index (χ0v) is 18.6. The van der Waals surface area contributed by atoms with Crippen molar-refractivity contribution < 1.29 is 19.0 Å². The lowest BCUT2D eigenvalue weighted by atomic mass is 10.2. The van der Waals surface area contributed by atoms with Crippen LogP contribution in [0.5, 0.6) is 11.5 Å². The van der Waals surface area contributed by atoms with Gasteiger partial charge in [0.2, 0.25) is 0 Å².